The first kappa shape index (κ1) is 12.3. The maximum atomic E-state index is 11.9. The van der Waals surface area contributed by atoms with Crippen LogP contribution in [0.3, 0.4) is 0 Å². The molecule has 2 aromatic rings. The minimum absolute atomic E-state index is 0.0181. The van der Waals surface area contributed by atoms with E-state index >= 15 is 0 Å². The summed E-state index contributed by atoms with van der Waals surface area (Å²) in [6.45, 7) is 0. The van der Waals surface area contributed by atoms with Gasteiger partial charge in [-0.1, -0.05) is 18.2 Å². The van der Waals surface area contributed by atoms with Gasteiger partial charge in [-0.2, -0.15) is 0 Å². The van der Waals surface area contributed by atoms with Crippen LogP contribution in [0.5, 0.6) is 0 Å². The number of rotatable bonds is 4. The van der Waals surface area contributed by atoms with Crippen LogP contribution >= 0.6 is 0 Å². The Bertz CT molecular complexity index is 570. The van der Waals surface area contributed by atoms with Gasteiger partial charge in [0.2, 0.25) is 0 Å². The maximum absolute atomic E-state index is 11.9. The van der Waals surface area contributed by atoms with Crippen LogP contribution < -0.4 is 4.72 Å². The van der Waals surface area contributed by atoms with Crippen LogP contribution in [0.4, 0.5) is 11.4 Å². The summed E-state index contributed by atoms with van der Waals surface area (Å²) in [6.07, 6.45) is 0. The van der Waals surface area contributed by atoms with Crippen LogP contribution in [0, 0.1) is 10.1 Å². The molecule has 0 aromatic heterocycles. The molecule has 0 saturated heterocycles. The van der Waals surface area contributed by atoms with E-state index in [1.165, 1.54) is 24.3 Å². The predicted molar refractivity (Wildman–Crippen MR) is 69.6 cm³/mol. The Morgan fingerprint density at radius 2 is 1.61 bits per heavy atom. The summed E-state index contributed by atoms with van der Waals surface area (Å²) in [5, 5.41) is 10.5. The van der Waals surface area contributed by atoms with Gasteiger partial charge in [0.05, 0.1) is 9.82 Å². The summed E-state index contributed by atoms with van der Waals surface area (Å²) in [5.41, 5.74) is 0.713. The van der Waals surface area contributed by atoms with Gasteiger partial charge in [0.1, 0.15) is 11.0 Å². The number of hydrogen-bond donors (Lipinski definition) is 1. The molecule has 1 N–H and O–H groups in total. The van der Waals surface area contributed by atoms with E-state index in [0.717, 1.165) is 5.69 Å². The van der Waals surface area contributed by atoms with Gasteiger partial charge in [-0.05, 0) is 24.3 Å². The molecule has 2 aromatic carbocycles. The standard InChI is InChI=1S/C12H10N2O3S/c15-14(16)11-6-8-12(9-7-11)18(17)13-10-4-2-1-3-5-10/h1-9,13H. The van der Waals surface area contributed by atoms with Gasteiger partial charge in [0.25, 0.3) is 5.69 Å². The van der Waals surface area contributed by atoms with Crippen molar-refractivity contribution in [1.29, 1.82) is 0 Å². The third kappa shape index (κ3) is 2.92. The van der Waals surface area contributed by atoms with E-state index < -0.39 is 15.9 Å². The van der Waals surface area contributed by atoms with Crippen LogP contribution in [0.15, 0.2) is 59.5 Å². The van der Waals surface area contributed by atoms with Gasteiger partial charge in [0.15, 0.2) is 0 Å². The number of anilines is 1. The molecule has 0 heterocycles. The van der Waals surface area contributed by atoms with Crippen molar-refractivity contribution in [3.63, 3.8) is 0 Å². The van der Waals surface area contributed by atoms with Crippen molar-refractivity contribution in [3.05, 3.63) is 64.7 Å². The zero-order valence-electron chi connectivity index (χ0n) is 9.28. The molecule has 0 spiro atoms. The van der Waals surface area contributed by atoms with E-state index in [-0.39, 0.29) is 5.69 Å². The number of nitrogens with one attached hydrogen (secondary N) is 1. The minimum atomic E-state index is -1.43. The molecule has 0 bridgehead atoms. The summed E-state index contributed by atoms with van der Waals surface area (Å²) >= 11 is 0. The summed E-state index contributed by atoms with van der Waals surface area (Å²) in [4.78, 5) is 10.5. The molecular formula is C12H10N2O3S. The number of hydrogen-bond acceptors (Lipinski definition) is 3. The Balaban J connectivity index is 2.12. The molecule has 6 heteroatoms. The van der Waals surface area contributed by atoms with Crippen molar-refractivity contribution in [2.24, 2.45) is 0 Å². The highest BCUT2D eigenvalue weighted by atomic mass is 32.2. The lowest BCUT2D eigenvalue weighted by Crippen LogP contribution is -2.04. The average molecular weight is 262 g/mol. The Labute approximate surface area is 106 Å². The fourth-order valence-electron chi connectivity index (χ4n) is 1.36. The van der Waals surface area contributed by atoms with Crippen molar-refractivity contribution in [2.45, 2.75) is 4.90 Å². The predicted octanol–water partition coefficient (Wildman–Crippen LogP) is 2.73. The molecule has 0 aliphatic rings. The van der Waals surface area contributed by atoms with E-state index in [1.807, 2.05) is 18.2 Å². The minimum Gasteiger partial charge on any atom is -0.301 e. The lowest BCUT2D eigenvalue weighted by atomic mass is 10.3. The lowest BCUT2D eigenvalue weighted by molar-refractivity contribution is -0.384. The molecular weight excluding hydrogens is 252 g/mol. The zero-order valence-corrected chi connectivity index (χ0v) is 10.1. The summed E-state index contributed by atoms with van der Waals surface area (Å²) in [7, 11) is -1.43. The molecule has 5 nitrogen and oxygen atoms in total. The average Bonchev–Trinajstić information content (AvgIpc) is 2.40. The van der Waals surface area contributed by atoms with Crippen LogP contribution in [0.1, 0.15) is 0 Å². The van der Waals surface area contributed by atoms with Crippen molar-refractivity contribution >= 4 is 22.4 Å². The van der Waals surface area contributed by atoms with Crippen LogP contribution in [-0.4, -0.2) is 9.13 Å². The first-order chi connectivity index (χ1) is 8.66. The fraction of sp³-hybridized carbons (Fsp3) is 0. The highest BCUT2D eigenvalue weighted by Gasteiger charge is 2.08. The maximum Gasteiger partial charge on any atom is 0.269 e. The number of nitro groups is 1. The molecule has 0 radical (unpaired) electrons. The molecule has 92 valence electrons. The molecule has 1 atom stereocenters. The van der Waals surface area contributed by atoms with Gasteiger partial charge >= 0.3 is 0 Å². The zero-order chi connectivity index (χ0) is 13.0. The van der Waals surface area contributed by atoms with Crippen LogP contribution in [0.25, 0.3) is 0 Å². The third-order valence-electron chi connectivity index (χ3n) is 2.25. The third-order valence-corrected chi connectivity index (χ3v) is 3.37. The summed E-state index contributed by atoms with van der Waals surface area (Å²) < 4.78 is 14.7. The normalized spacial score (nSPS) is 11.8. The molecule has 0 fully saturated rings. The van der Waals surface area contributed by atoms with E-state index in [2.05, 4.69) is 4.72 Å². The molecule has 0 aliphatic carbocycles. The Kier molecular flexibility index (Phi) is 3.69. The Morgan fingerprint density at radius 3 is 2.17 bits per heavy atom. The van der Waals surface area contributed by atoms with E-state index in [4.69, 9.17) is 0 Å². The lowest BCUT2D eigenvalue weighted by Gasteiger charge is -2.05. The molecule has 1 unspecified atom stereocenters. The number of para-hydroxylation sites is 1. The van der Waals surface area contributed by atoms with Gasteiger partial charge in [0, 0.05) is 17.8 Å². The number of nitrogens with zero attached hydrogens (tertiary/aromatic N) is 1. The van der Waals surface area contributed by atoms with Gasteiger partial charge in [-0.25, -0.2) is 4.21 Å². The van der Waals surface area contributed by atoms with Crippen LogP contribution in [-0.2, 0) is 11.0 Å². The van der Waals surface area contributed by atoms with Crippen molar-refractivity contribution < 1.29 is 9.13 Å². The van der Waals surface area contributed by atoms with Gasteiger partial charge in [-0.3, -0.25) is 10.1 Å². The SMILES string of the molecule is O=[N+]([O-])c1ccc(S(=O)Nc2ccccc2)cc1. The topological polar surface area (TPSA) is 72.2 Å². The van der Waals surface area contributed by atoms with Gasteiger partial charge < -0.3 is 4.72 Å². The van der Waals surface area contributed by atoms with Crippen LogP contribution in [0.2, 0.25) is 0 Å². The first-order valence-electron chi connectivity index (χ1n) is 5.15. The molecule has 0 amide bonds. The number of nitro benzene ring substituents is 1. The largest absolute Gasteiger partial charge is 0.301 e. The number of benzene rings is 2. The Morgan fingerprint density at radius 1 is 1.00 bits per heavy atom. The van der Waals surface area contributed by atoms with E-state index in [0.29, 0.717) is 4.90 Å². The van der Waals surface area contributed by atoms with E-state index in [1.54, 1.807) is 12.1 Å². The molecule has 2 rings (SSSR count). The van der Waals surface area contributed by atoms with Gasteiger partial charge in [-0.15, -0.1) is 0 Å². The fourth-order valence-corrected chi connectivity index (χ4v) is 2.21. The molecule has 0 saturated carbocycles. The smallest absolute Gasteiger partial charge is 0.269 e. The molecule has 18 heavy (non-hydrogen) atoms. The highest BCUT2D eigenvalue weighted by molar-refractivity contribution is 7.86. The Hall–Kier alpha value is -2.21. The quantitative estimate of drug-likeness (QED) is 0.680. The second-order valence-corrected chi connectivity index (χ2v) is 4.70. The summed E-state index contributed by atoms with van der Waals surface area (Å²) in [5.74, 6) is 0. The highest BCUT2D eigenvalue weighted by Crippen LogP contribution is 2.16. The first-order valence-corrected chi connectivity index (χ1v) is 6.30. The second-order valence-electron chi connectivity index (χ2n) is 3.49. The molecule has 0 aliphatic heterocycles. The monoisotopic (exact) mass is 262 g/mol. The van der Waals surface area contributed by atoms with Crippen molar-refractivity contribution in [1.82, 2.24) is 0 Å². The van der Waals surface area contributed by atoms with Crippen molar-refractivity contribution in [3.8, 4) is 0 Å². The second kappa shape index (κ2) is 5.42. The van der Waals surface area contributed by atoms with E-state index in [9.17, 15) is 14.3 Å². The summed E-state index contributed by atoms with van der Waals surface area (Å²) in [6, 6.07) is 14.7. The number of non-ortho nitro benzene ring substituents is 1. The van der Waals surface area contributed by atoms with Crippen molar-refractivity contribution in [2.75, 3.05) is 4.72 Å².